The Labute approximate surface area is 193 Å². The third kappa shape index (κ3) is 6.01. The van der Waals surface area contributed by atoms with Crippen LogP contribution >= 0.6 is 0 Å². The van der Waals surface area contributed by atoms with Crippen LogP contribution in [0.4, 0.5) is 22.0 Å². The predicted octanol–water partition coefficient (Wildman–Crippen LogP) is 1.83. The molecule has 2 saturated heterocycles. The molecular formula is C21H28F5N7O. The molecule has 13 heteroatoms. The fourth-order valence-corrected chi connectivity index (χ4v) is 4.68. The summed E-state index contributed by atoms with van der Waals surface area (Å²) in [6.45, 7) is -0.125. The molecule has 0 radical (unpaired) electrons. The molecule has 4 atom stereocenters. The van der Waals surface area contributed by atoms with Gasteiger partial charge in [-0.25, -0.2) is 30.1 Å². The van der Waals surface area contributed by atoms with Crippen molar-refractivity contribution in [2.75, 3.05) is 13.6 Å². The molecule has 1 saturated carbocycles. The van der Waals surface area contributed by atoms with Crippen molar-refractivity contribution in [1.29, 1.82) is 0 Å². The monoisotopic (exact) mass is 489 g/mol. The second kappa shape index (κ2) is 10.1. The highest BCUT2D eigenvalue weighted by Gasteiger charge is 2.52. The van der Waals surface area contributed by atoms with Crippen molar-refractivity contribution in [3.05, 3.63) is 35.4 Å². The summed E-state index contributed by atoms with van der Waals surface area (Å²) >= 11 is 0. The van der Waals surface area contributed by atoms with E-state index in [9.17, 15) is 26.7 Å². The molecule has 1 aliphatic carbocycles. The Morgan fingerprint density at radius 3 is 2.41 bits per heavy atom. The molecule has 8 nitrogen and oxygen atoms in total. The van der Waals surface area contributed by atoms with E-state index in [0.29, 0.717) is 12.0 Å². The normalized spacial score (nSPS) is 29.1. The SMILES string of the molecule is CN1CC(C(=O)/N=C(\NC2CCCC2)NC2CC(c3cc(F)cc(F)c3)NN2)C(C(F)(F)F)N1. The van der Waals surface area contributed by atoms with E-state index in [-0.39, 0.29) is 18.5 Å². The van der Waals surface area contributed by atoms with E-state index in [2.05, 4.69) is 31.9 Å². The molecular weight excluding hydrogens is 461 g/mol. The molecule has 188 valence electrons. The zero-order chi connectivity index (χ0) is 24.5. The second-order valence-corrected chi connectivity index (χ2v) is 9.04. The lowest BCUT2D eigenvalue weighted by Crippen LogP contribution is -2.52. The molecule has 1 amide bonds. The van der Waals surface area contributed by atoms with Crippen LogP contribution in [0.2, 0.25) is 0 Å². The van der Waals surface area contributed by atoms with E-state index in [1.165, 1.54) is 24.2 Å². The van der Waals surface area contributed by atoms with Gasteiger partial charge in [0.2, 0.25) is 5.96 Å². The molecule has 0 aromatic heterocycles. The van der Waals surface area contributed by atoms with Gasteiger partial charge >= 0.3 is 6.18 Å². The summed E-state index contributed by atoms with van der Waals surface area (Å²) in [5, 5.41) is 7.42. The first-order valence-corrected chi connectivity index (χ1v) is 11.2. The van der Waals surface area contributed by atoms with Crippen LogP contribution in [0.1, 0.15) is 43.7 Å². The van der Waals surface area contributed by atoms with Crippen molar-refractivity contribution in [2.24, 2.45) is 10.9 Å². The van der Waals surface area contributed by atoms with Gasteiger partial charge in [-0.3, -0.25) is 4.79 Å². The van der Waals surface area contributed by atoms with Gasteiger partial charge in [-0.15, -0.1) is 0 Å². The number of halogens is 5. The first-order valence-electron chi connectivity index (χ1n) is 11.2. The molecule has 2 heterocycles. The van der Waals surface area contributed by atoms with Crippen molar-refractivity contribution < 1.29 is 26.7 Å². The Balaban J connectivity index is 1.47. The molecule has 1 aromatic carbocycles. The Morgan fingerprint density at radius 2 is 1.76 bits per heavy atom. The zero-order valence-corrected chi connectivity index (χ0v) is 18.6. The maximum atomic E-state index is 13.6. The number of guanidine groups is 1. The molecule has 0 bridgehead atoms. The van der Waals surface area contributed by atoms with Crippen LogP contribution in [0.5, 0.6) is 0 Å². The van der Waals surface area contributed by atoms with Crippen LogP contribution in [0.25, 0.3) is 0 Å². The highest BCUT2D eigenvalue weighted by Crippen LogP contribution is 2.30. The first-order chi connectivity index (χ1) is 16.1. The van der Waals surface area contributed by atoms with Gasteiger partial charge in [0, 0.05) is 38.2 Å². The third-order valence-electron chi connectivity index (χ3n) is 6.32. The lowest BCUT2D eigenvalue weighted by molar-refractivity contribution is -0.167. The van der Waals surface area contributed by atoms with E-state index >= 15 is 0 Å². The maximum absolute atomic E-state index is 13.6. The number of hydrogen-bond acceptors (Lipinski definition) is 5. The van der Waals surface area contributed by atoms with Crippen molar-refractivity contribution in [1.82, 2.24) is 31.9 Å². The zero-order valence-electron chi connectivity index (χ0n) is 18.6. The number of carbonyl (C=O) groups excluding carboxylic acids is 1. The van der Waals surface area contributed by atoms with E-state index < -0.39 is 47.9 Å². The Hall–Kier alpha value is -2.35. The van der Waals surface area contributed by atoms with Crippen LogP contribution in [-0.4, -0.2) is 54.9 Å². The minimum absolute atomic E-state index is 0.0457. The third-order valence-corrected chi connectivity index (χ3v) is 6.32. The standard InChI is InChI=1S/C21H28F5N7O/c1-33-10-15(18(32-33)21(24,25)26)19(34)29-20(27-14-4-2-3-5-14)28-17-9-16(30-31-17)11-6-12(22)8-13(23)7-11/h6-8,14-18,30-32H,2-5,9-10H2,1H3,(H2,27,28,29,34). The summed E-state index contributed by atoms with van der Waals surface area (Å²) in [7, 11) is 1.44. The van der Waals surface area contributed by atoms with Gasteiger partial charge in [0.05, 0.1) is 12.1 Å². The topological polar surface area (TPSA) is 92.8 Å². The maximum Gasteiger partial charge on any atom is 0.406 e. The quantitative estimate of drug-likeness (QED) is 0.250. The molecule has 4 rings (SSSR count). The van der Waals surface area contributed by atoms with E-state index in [0.717, 1.165) is 31.7 Å². The Kier molecular flexibility index (Phi) is 7.36. The molecule has 2 aliphatic heterocycles. The number of nitrogens with zero attached hydrogens (tertiary/aromatic N) is 2. The average molecular weight is 489 g/mol. The number of amides is 1. The van der Waals surface area contributed by atoms with Crippen LogP contribution in [0.3, 0.4) is 0 Å². The van der Waals surface area contributed by atoms with E-state index in [1.54, 1.807) is 0 Å². The molecule has 0 spiro atoms. The van der Waals surface area contributed by atoms with Gasteiger partial charge < -0.3 is 10.6 Å². The Bertz CT molecular complexity index is 901. The lowest BCUT2D eigenvalue weighted by atomic mass is 10.0. The van der Waals surface area contributed by atoms with Gasteiger partial charge in [0.15, 0.2) is 0 Å². The fraction of sp³-hybridized carbons (Fsp3) is 0.619. The summed E-state index contributed by atoms with van der Waals surface area (Å²) in [6, 6.07) is 0.840. The molecule has 5 N–H and O–H groups in total. The molecule has 3 aliphatic rings. The molecule has 3 fully saturated rings. The smallest absolute Gasteiger partial charge is 0.353 e. The number of aliphatic imine (C=N–C) groups is 1. The van der Waals surface area contributed by atoms with Gasteiger partial charge in [-0.2, -0.15) is 18.2 Å². The second-order valence-electron chi connectivity index (χ2n) is 9.04. The minimum atomic E-state index is -4.60. The minimum Gasteiger partial charge on any atom is -0.353 e. The first kappa shape index (κ1) is 24.8. The highest BCUT2D eigenvalue weighted by atomic mass is 19.4. The van der Waals surface area contributed by atoms with Crippen molar-refractivity contribution in [2.45, 2.75) is 62.6 Å². The van der Waals surface area contributed by atoms with E-state index in [4.69, 9.17) is 0 Å². The number of hydrogen-bond donors (Lipinski definition) is 5. The summed E-state index contributed by atoms with van der Waals surface area (Å²) in [5.74, 6) is -3.58. The van der Waals surface area contributed by atoms with Crippen LogP contribution in [-0.2, 0) is 4.79 Å². The Morgan fingerprint density at radius 1 is 1.09 bits per heavy atom. The number of benzene rings is 1. The summed E-state index contributed by atoms with van der Waals surface area (Å²) in [5.41, 5.74) is 8.56. The number of rotatable bonds is 4. The summed E-state index contributed by atoms with van der Waals surface area (Å²) in [6.07, 6.45) is -1.02. The molecule has 34 heavy (non-hydrogen) atoms. The van der Waals surface area contributed by atoms with Crippen LogP contribution in [0.15, 0.2) is 23.2 Å². The average Bonchev–Trinajstić information content (AvgIpc) is 3.48. The number of carbonyl (C=O) groups is 1. The largest absolute Gasteiger partial charge is 0.406 e. The number of alkyl halides is 3. The highest BCUT2D eigenvalue weighted by molar-refractivity contribution is 5.95. The fourth-order valence-electron chi connectivity index (χ4n) is 4.68. The van der Waals surface area contributed by atoms with Gasteiger partial charge in [-0.05, 0) is 30.5 Å². The number of hydrazine groups is 2. The predicted molar refractivity (Wildman–Crippen MR) is 114 cm³/mol. The van der Waals surface area contributed by atoms with E-state index in [1.807, 2.05) is 0 Å². The van der Waals surface area contributed by atoms with Crippen molar-refractivity contribution in [3.63, 3.8) is 0 Å². The van der Waals surface area contributed by atoms with Gasteiger partial charge in [0.25, 0.3) is 5.91 Å². The lowest BCUT2D eigenvalue weighted by Gasteiger charge is -2.22. The number of nitrogens with one attached hydrogen (secondary N) is 5. The van der Waals surface area contributed by atoms with Crippen LogP contribution in [0, 0.1) is 17.6 Å². The summed E-state index contributed by atoms with van der Waals surface area (Å²) in [4.78, 5) is 16.8. The van der Waals surface area contributed by atoms with Crippen molar-refractivity contribution in [3.8, 4) is 0 Å². The van der Waals surface area contributed by atoms with Crippen molar-refractivity contribution >= 4 is 11.9 Å². The van der Waals surface area contributed by atoms with Crippen LogP contribution < -0.4 is 26.9 Å². The van der Waals surface area contributed by atoms with Gasteiger partial charge in [-0.1, -0.05) is 12.8 Å². The molecule has 4 unspecified atom stereocenters. The molecule has 1 aromatic rings. The summed E-state index contributed by atoms with van der Waals surface area (Å²) < 4.78 is 67.4. The van der Waals surface area contributed by atoms with Gasteiger partial charge in [0.1, 0.15) is 17.7 Å².